The molecule has 3 nitrogen and oxygen atoms in total. The van der Waals surface area contributed by atoms with Crippen LogP contribution < -0.4 is 9.47 Å². The van der Waals surface area contributed by atoms with Gasteiger partial charge in [-0.1, -0.05) is 61.7 Å². The Bertz CT molecular complexity index is 938. The second-order valence-corrected chi connectivity index (χ2v) is 7.65. The number of hydrogen-bond acceptors (Lipinski definition) is 3. The number of ether oxygens (including phenoxy) is 2. The molecule has 3 aromatic carbocycles. The summed E-state index contributed by atoms with van der Waals surface area (Å²) in [4.78, 5) is 12.3. The van der Waals surface area contributed by atoms with Crippen molar-refractivity contribution in [2.75, 3.05) is 7.11 Å². The highest BCUT2D eigenvalue weighted by atomic mass is 16.5. The van der Waals surface area contributed by atoms with Crippen LogP contribution in [-0.4, -0.2) is 13.1 Å². The molecular weight excluding hydrogens is 360 g/mol. The smallest absolute Gasteiger partial charge is 0.343 e. The molecule has 0 saturated heterocycles. The van der Waals surface area contributed by atoms with Gasteiger partial charge in [0.15, 0.2) is 0 Å². The first-order valence-corrected chi connectivity index (χ1v) is 10.2. The SMILES string of the molecule is COc1ccc(C2(c3ccc(OC(=O)c4ccccc4)cc3)CCCCC2)cc1. The van der Waals surface area contributed by atoms with Crippen LogP contribution >= 0.6 is 0 Å². The fourth-order valence-electron chi connectivity index (χ4n) is 4.39. The summed E-state index contributed by atoms with van der Waals surface area (Å²) in [6.45, 7) is 0. The van der Waals surface area contributed by atoms with Gasteiger partial charge in [-0.2, -0.15) is 0 Å². The molecular formula is C26H26O3. The Labute approximate surface area is 172 Å². The van der Waals surface area contributed by atoms with E-state index in [1.54, 1.807) is 19.2 Å². The van der Waals surface area contributed by atoms with E-state index in [0.717, 1.165) is 18.6 Å². The molecule has 1 saturated carbocycles. The van der Waals surface area contributed by atoms with E-state index in [9.17, 15) is 4.79 Å². The van der Waals surface area contributed by atoms with Crippen molar-refractivity contribution in [2.24, 2.45) is 0 Å². The van der Waals surface area contributed by atoms with Crippen molar-refractivity contribution in [3.05, 3.63) is 95.6 Å². The average molecular weight is 386 g/mol. The average Bonchev–Trinajstić information content (AvgIpc) is 2.80. The van der Waals surface area contributed by atoms with E-state index in [1.165, 1.54) is 30.4 Å². The number of hydrogen-bond donors (Lipinski definition) is 0. The monoisotopic (exact) mass is 386 g/mol. The van der Waals surface area contributed by atoms with Crippen molar-refractivity contribution in [1.29, 1.82) is 0 Å². The number of carbonyl (C=O) groups excluding carboxylic acids is 1. The molecule has 3 aromatic rings. The quantitative estimate of drug-likeness (QED) is 0.389. The molecule has 0 spiro atoms. The largest absolute Gasteiger partial charge is 0.497 e. The van der Waals surface area contributed by atoms with Crippen molar-refractivity contribution in [2.45, 2.75) is 37.5 Å². The Morgan fingerprint density at radius 1 is 0.724 bits per heavy atom. The number of rotatable bonds is 5. The Morgan fingerprint density at radius 2 is 1.28 bits per heavy atom. The van der Waals surface area contributed by atoms with Gasteiger partial charge in [-0.3, -0.25) is 0 Å². The van der Waals surface area contributed by atoms with Crippen LogP contribution in [0.3, 0.4) is 0 Å². The van der Waals surface area contributed by atoms with Crippen LogP contribution in [0.4, 0.5) is 0 Å². The predicted molar refractivity (Wildman–Crippen MR) is 115 cm³/mol. The standard InChI is InChI=1S/C26H26O3/c1-28-23-14-10-21(11-15-23)26(18-6-3-7-19-26)22-12-16-24(17-13-22)29-25(27)20-8-4-2-5-9-20/h2,4-5,8-17H,3,6-7,18-19H2,1H3. The number of methoxy groups -OCH3 is 1. The molecule has 0 radical (unpaired) electrons. The summed E-state index contributed by atoms with van der Waals surface area (Å²) in [6.07, 6.45) is 5.98. The molecule has 3 heteroatoms. The first kappa shape index (κ1) is 19.3. The lowest BCUT2D eigenvalue weighted by Gasteiger charge is -2.38. The Kier molecular flexibility index (Phi) is 5.66. The second-order valence-electron chi connectivity index (χ2n) is 7.65. The molecule has 0 atom stereocenters. The fraction of sp³-hybridized carbons (Fsp3) is 0.269. The molecule has 0 bridgehead atoms. The summed E-state index contributed by atoms with van der Waals surface area (Å²) >= 11 is 0. The van der Waals surface area contributed by atoms with Gasteiger partial charge in [0.1, 0.15) is 11.5 Å². The lowest BCUT2D eigenvalue weighted by atomic mass is 9.65. The topological polar surface area (TPSA) is 35.5 Å². The third-order valence-corrected chi connectivity index (χ3v) is 5.98. The van der Waals surface area contributed by atoms with Crippen molar-refractivity contribution >= 4 is 5.97 Å². The van der Waals surface area contributed by atoms with Crippen LogP contribution in [0, 0.1) is 0 Å². The molecule has 0 N–H and O–H groups in total. The Balaban J connectivity index is 1.59. The van der Waals surface area contributed by atoms with Crippen molar-refractivity contribution in [1.82, 2.24) is 0 Å². The second kappa shape index (κ2) is 8.52. The van der Waals surface area contributed by atoms with Crippen LogP contribution in [0.15, 0.2) is 78.9 Å². The Morgan fingerprint density at radius 3 is 1.83 bits per heavy atom. The van der Waals surface area contributed by atoms with Crippen LogP contribution in [0.25, 0.3) is 0 Å². The number of carbonyl (C=O) groups is 1. The van der Waals surface area contributed by atoms with Crippen LogP contribution in [0.5, 0.6) is 11.5 Å². The Hall–Kier alpha value is -3.07. The summed E-state index contributed by atoms with van der Waals surface area (Å²) in [6, 6.07) is 25.6. The normalized spacial score (nSPS) is 15.5. The molecule has 0 aromatic heterocycles. The molecule has 1 aliphatic carbocycles. The first-order chi connectivity index (χ1) is 14.2. The summed E-state index contributed by atoms with van der Waals surface area (Å²) in [5.41, 5.74) is 3.17. The van der Waals surface area contributed by atoms with Gasteiger partial charge in [0.2, 0.25) is 0 Å². The maximum absolute atomic E-state index is 12.3. The van der Waals surface area contributed by atoms with E-state index in [-0.39, 0.29) is 11.4 Å². The summed E-state index contributed by atoms with van der Waals surface area (Å²) in [7, 11) is 1.70. The molecule has 148 valence electrons. The van der Waals surface area contributed by atoms with Crippen molar-refractivity contribution in [3.63, 3.8) is 0 Å². The van der Waals surface area contributed by atoms with Crippen LogP contribution in [0.1, 0.15) is 53.6 Å². The molecule has 1 fully saturated rings. The predicted octanol–water partition coefficient (Wildman–Crippen LogP) is 6.16. The highest BCUT2D eigenvalue weighted by molar-refractivity contribution is 5.90. The first-order valence-electron chi connectivity index (χ1n) is 10.2. The van der Waals surface area contributed by atoms with Gasteiger partial charge in [0.25, 0.3) is 0 Å². The van der Waals surface area contributed by atoms with Gasteiger partial charge in [-0.15, -0.1) is 0 Å². The molecule has 1 aliphatic rings. The minimum atomic E-state index is -0.333. The molecule has 0 aliphatic heterocycles. The zero-order chi connectivity index (χ0) is 20.1. The van der Waals surface area contributed by atoms with Gasteiger partial charge in [0, 0.05) is 5.41 Å². The highest BCUT2D eigenvalue weighted by Gasteiger charge is 2.35. The third-order valence-electron chi connectivity index (χ3n) is 5.98. The molecule has 0 unspecified atom stereocenters. The van der Waals surface area contributed by atoms with Gasteiger partial charge in [-0.25, -0.2) is 4.79 Å². The maximum atomic E-state index is 12.3. The molecule has 0 amide bonds. The molecule has 4 rings (SSSR count). The van der Waals surface area contributed by atoms with E-state index in [2.05, 4.69) is 24.3 Å². The van der Waals surface area contributed by atoms with Crippen LogP contribution in [0.2, 0.25) is 0 Å². The minimum absolute atomic E-state index is 0.00644. The van der Waals surface area contributed by atoms with E-state index >= 15 is 0 Å². The van der Waals surface area contributed by atoms with E-state index < -0.39 is 0 Å². The van der Waals surface area contributed by atoms with Gasteiger partial charge in [-0.05, 0) is 60.4 Å². The number of benzene rings is 3. The number of esters is 1. The maximum Gasteiger partial charge on any atom is 0.343 e. The highest BCUT2D eigenvalue weighted by Crippen LogP contribution is 2.45. The molecule has 0 heterocycles. The molecule has 29 heavy (non-hydrogen) atoms. The lowest BCUT2D eigenvalue weighted by Crippen LogP contribution is -2.30. The van der Waals surface area contributed by atoms with Crippen LogP contribution in [-0.2, 0) is 5.41 Å². The van der Waals surface area contributed by atoms with Crippen molar-refractivity contribution < 1.29 is 14.3 Å². The van der Waals surface area contributed by atoms with Crippen molar-refractivity contribution in [3.8, 4) is 11.5 Å². The van der Waals surface area contributed by atoms with Gasteiger partial charge >= 0.3 is 5.97 Å². The fourth-order valence-corrected chi connectivity index (χ4v) is 4.39. The summed E-state index contributed by atoms with van der Waals surface area (Å²) in [5.74, 6) is 1.12. The zero-order valence-electron chi connectivity index (χ0n) is 16.8. The van der Waals surface area contributed by atoms with Gasteiger partial charge in [0.05, 0.1) is 12.7 Å². The lowest BCUT2D eigenvalue weighted by molar-refractivity contribution is 0.0734. The minimum Gasteiger partial charge on any atom is -0.497 e. The summed E-state index contributed by atoms with van der Waals surface area (Å²) < 4.78 is 10.9. The van der Waals surface area contributed by atoms with E-state index in [0.29, 0.717) is 11.3 Å². The third kappa shape index (κ3) is 4.04. The van der Waals surface area contributed by atoms with E-state index in [4.69, 9.17) is 9.47 Å². The van der Waals surface area contributed by atoms with E-state index in [1.807, 2.05) is 42.5 Å². The van der Waals surface area contributed by atoms with Gasteiger partial charge < -0.3 is 9.47 Å². The summed E-state index contributed by atoms with van der Waals surface area (Å²) in [5, 5.41) is 0. The zero-order valence-corrected chi connectivity index (χ0v) is 16.8.